The van der Waals surface area contributed by atoms with Gasteiger partial charge in [0, 0.05) is 49.4 Å². The minimum absolute atomic E-state index is 0.424. The van der Waals surface area contributed by atoms with E-state index in [0.717, 1.165) is 19.0 Å². The lowest BCUT2D eigenvalue weighted by Gasteiger charge is -2.65. The van der Waals surface area contributed by atoms with Crippen LogP contribution in [0.1, 0.15) is 50.8 Å². The molecule has 1 spiro atoms. The maximum absolute atomic E-state index is 10.9. The van der Waals surface area contributed by atoms with Crippen molar-refractivity contribution in [2.24, 2.45) is 12.5 Å². The van der Waals surface area contributed by atoms with Crippen LogP contribution in [0.25, 0.3) is 0 Å². The van der Waals surface area contributed by atoms with E-state index in [4.69, 9.17) is 0 Å². The summed E-state index contributed by atoms with van der Waals surface area (Å²) in [5, 5.41) is 0. The first kappa shape index (κ1) is 15.2. The van der Waals surface area contributed by atoms with Crippen LogP contribution in [0.2, 0.25) is 0 Å². The van der Waals surface area contributed by atoms with Gasteiger partial charge in [-0.1, -0.05) is 6.92 Å². The third kappa shape index (κ3) is 2.32. The maximum Gasteiger partial charge on any atom is 0.312 e. The molecule has 1 aromatic rings. The lowest BCUT2D eigenvalue weighted by atomic mass is 9.55. The van der Waals surface area contributed by atoms with Crippen LogP contribution >= 0.6 is 0 Å². The SMILES string of the molecule is CCC1N([C]=O)CC12CC(N1CCC(c3nccn3C)CC1)C2. The maximum atomic E-state index is 10.9. The number of piperidine rings is 1. The fraction of sp³-hybridized carbons (Fsp3) is 0.778. The van der Waals surface area contributed by atoms with E-state index in [1.807, 2.05) is 11.1 Å². The first-order chi connectivity index (χ1) is 11.2. The number of likely N-dealkylation sites (tertiary alicyclic amines) is 2. The van der Waals surface area contributed by atoms with Gasteiger partial charge in [0.05, 0.1) is 0 Å². The lowest BCUT2D eigenvalue weighted by molar-refractivity contribution is -0.134. The number of amides is 1. The number of rotatable bonds is 4. The van der Waals surface area contributed by atoms with Crippen LogP contribution < -0.4 is 0 Å². The van der Waals surface area contributed by atoms with Gasteiger partial charge in [0.25, 0.3) is 0 Å². The second-order valence-electron chi connectivity index (χ2n) is 7.77. The Kier molecular flexibility index (Phi) is 3.71. The van der Waals surface area contributed by atoms with Gasteiger partial charge in [-0.15, -0.1) is 0 Å². The van der Waals surface area contributed by atoms with E-state index in [1.54, 1.807) is 0 Å². The van der Waals surface area contributed by atoms with E-state index < -0.39 is 0 Å². The molecule has 4 rings (SSSR count). The molecule has 3 aliphatic rings. The minimum atomic E-state index is 0.424. The quantitative estimate of drug-likeness (QED) is 0.852. The summed E-state index contributed by atoms with van der Waals surface area (Å²) in [6.45, 7) is 5.52. The summed E-state index contributed by atoms with van der Waals surface area (Å²) < 4.78 is 2.17. The molecule has 1 saturated carbocycles. The lowest BCUT2D eigenvalue weighted by Crippen LogP contribution is -2.71. The highest BCUT2D eigenvalue weighted by Gasteiger charge is 2.59. The van der Waals surface area contributed by atoms with Gasteiger partial charge < -0.3 is 14.4 Å². The normalized spacial score (nSPS) is 35.1. The average Bonchev–Trinajstić information content (AvgIpc) is 2.92. The number of aromatic nitrogens is 2. The molecule has 1 amide bonds. The van der Waals surface area contributed by atoms with Gasteiger partial charge in [-0.3, -0.25) is 4.79 Å². The van der Waals surface area contributed by atoms with E-state index in [-0.39, 0.29) is 0 Å². The number of imidazole rings is 1. The highest BCUT2D eigenvalue weighted by atomic mass is 16.1. The van der Waals surface area contributed by atoms with Gasteiger partial charge in [0.1, 0.15) is 5.82 Å². The van der Waals surface area contributed by atoms with Crippen molar-refractivity contribution in [3.8, 4) is 0 Å². The summed E-state index contributed by atoms with van der Waals surface area (Å²) in [5.74, 6) is 1.87. The molecule has 1 aliphatic carbocycles. The highest BCUT2D eigenvalue weighted by Crippen LogP contribution is 2.55. The van der Waals surface area contributed by atoms with Gasteiger partial charge in [0.2, 0.25) is 0 Å². The standard InChI is InChI=1S/C18H27N4O/c1-3-16-18(12-22(16)13-23)10-15(11-18)21-7-4-14(5-8-21)17-19-6-9-20(17)2/h6,9,14-16H,3-5,7-8,10-12H2,1-2H3. The molecule has 23 heavy (non-hydrogen) atoms. The largest absolute Gasteiger partial charge is 0.338 e. The Morgan fingerprint density at radius 1 is 1.35 bits per heavy atom. The summed E-state index contributed by atoms with van der Waals surface area (Å²) in [4.78, 5) is 20.0. The second-order valence-corrected chi connectivity index (χ2v) is 7.77. The van der Waals surface area contributed by atoms with Crippen LogP contribution in [0.15, 0.2) is 12.4 Å². The van der Waals surface area contributed by atoms with Gasteiger partial charge in [0.15, 0.2) is 0 Å². The first-order valence-corrected chi connectivity index (χ1v) is 9.02. The van der Waals surface area contributed by atoms with Crippen molar-refractivity contribution < 1.29 is 4.79 Å². The van der Waals surface area contributed by atoms with Crippen LogP contribution in [0, 0.1) is 5.41 Å². The van der Waals surface area contributed by atoms with Crippen LogP contribution in [-0.2, 0) is 11.8 Å². The molecule has 3 fully saturated rings. The van der Waals surface area contributed by atoms with Gasteiger partial charge in [-0.2, -0.15) is 0 Å². The minimum Gasteiger partial charge on any atom is -0.338 e. The number of nitrogens with zero attached hydrogens (tertiary/aromatic N) is 4. The molecule has 0 bridgehead atoms. The van der Waals surface area contributed by atoms with E-state index in [9.17, 15) is 4.79 Å². The number of carbonyl (C=O) groups excluding carboxylic acids is 1. The Balaban J connectivity index is 1.30. The average molecular weight is 315 g/mol. The molecule has 1 unspecified atom stereocenters. The first-order valence-electron chi connectivity index (χ1n) is 9.02. The molecular formula is C18H27N4O. The molecule has 0 aromatic carbocycles. The van der Waals surface area contributed by atoms with Crippen LogP contribution in [0.3, 0.4) is 0 Å². The molecule has 1 aromatic heterocycles. The highest BCUT2D eigenvalue weighted by molar-refractivity contribution is 5.52. The van der Waals surface area contributed by atoms with Crippen molar-refractivity contribution in [1.29, 1.82) is 0 Å². The third-order valence-corrected chi connectivity index (χ3v) is 6.63. The Hall–Kier alpha value is -1.36. The summed E-state index contributed by atoms with van der Waals surface area (Å²) in [7, 11) is 2.10. The summed E-state index contributed by atoms with van der Waals surface area (Å²) in [6.07, 6.45) is 12.1. The van der Waals surface area contributed by atoms with Crippen molar-refractivity contribution in [3.63, 3.8) is 0 Å². The number of hydrogen-bond acceptors (Lipinski definition) is 3. The van der Waals surface area contributed by atoms with E-state index in [0.29, 0.717) is 17.4 Å². The summed E-state index contributed by atoms with van der Waals surface area (Å²) in [6, 6.07) is 1.18. The molecule has 5 nitrogen and oxygen atoms in total. The zero-order chi connectivity index (χ0) is 16.0. The Labute approximate surface area is 138 Å². The molecule has 125 valence electrons. The van der Waals surface area contributed by atoms with Crippen molar-refractivity contribution in [1.82, 2.24) is 19.4 Å². The van der Waals surface area contributed by atoms with E-state index >= 15 is 0 Å². The molecule has 3 heterocycles. The van der Waals surface area contributed by atoms with E-state index in [1.165, 1.54) is 44.6 Å². The van der Waals surface area contributed by atoms with Crippen LogP contribution in [0.4, 0.5) is 0 Å². The number of aryl methyl sites for hydroxylation is 1. The van der Waals surface area contributed by atoms with Crippen molar-refractivity contribution in [3.05, 3.63) is 18.2 Å². The molecule has 1 radical (unpaired) electrons. The molecule has 5 heteroatoms. The van der Waals surface area contributed by atoms with Crippen molar-refractivity contribution >= 4 is 6.41 Å². The van der Waals surface area contributed by atoms with Crippen LogP contribution in [-0.4, -0.2) is 57.5 Å². The summed E-state index contributed by atoms with van der Waals surface area (Å²) in [5.41, 5.74) is 0.424. The molecule has 2 aliphatic heterocycles. The fourth-order valence-electron chi connectivity index (χ4n) is 5.35. The predicted octanol–water partition coefficient (Wildman–Crippen LogP) is 1.91. The molecular weight excluding hydrogens is 288 g/mol. The monoisotopic (exact) mass is 315 g/mol. The van der Waals surface area contributed by atoms with Crippen molar-refractivity contribution in [2.75, 3.05) is 19.6 Å². The third-order valence-electron chi connectivity index (χ3n) is 6.63. The zero-order valence-electron chi connectivity index (χ0n) is 14.2. The molecule has 1 atom stereocenters. The van der Waals surface area contributed by atoms with Crippen molar-refractivity contribution in [2.45, 2.75) is 57.0 Å². The zero-order valence-corrected chi connectivity index (χ0v) is 14.2. The van der Waals surface area contributed by atoms with Gasteiger partial charge in [-0.25, -0.2) is 4.98 Å². The van der Waals surface area contributed by atoms with E-state index in [2.05, 4.69) is 41.0 Å². The number of hydrogen-bond donors (Lipinski definition) is 0. The second kappa shape index (κ2) is 5.62. The summed E-state index contributed by atoms with van der Waals surface area (Å²) >= 11 is 0. The Bertz CT molecular complexity index is 569. The smallest absolute Gasteiger partial charge is 0.312 e. The molecule has 0 N–H and O–H groups in total. The fourth-order valence-corrected chi connectivity index (χ4v) is 5.35. The Morgan fingerprint density at radius 3 is 2.65 bits per heavy atom. The Morgan fingerprint density at radius 2 is 2.09 bits per heavy atom. The topological polar surface area (TPSA) is 41.4 Å². The van der Waals surface area contributed by atoms with Gasteiger partial charge >= 0.3 is 6.41 Å². The van der Waals surface area contributed by atoms with Gasteiger partial charge in [-0.05, 0) is 45.2 Å². The molecule has 2 saturated heterocycles. The predicted molar refractivity (Wildman–Crippen MR) is 88.7 cm³/mol. The van der Waals surface area contributed by atoms with Crippen LogP contribution in [0.5, 0.6) is 0 Å².